The predicted molar refractivity (Wildman–Crippen MR) is 87.6 cm³/mol. The summed E-state index contributed by atoms with van der Waals surface area (Å²) in [5, 5.41) is 13.8. The van der Waals surface area contributed by atoms with E-state index in [0.717, 1.165) is 0 Å². The summed E-state index contributed by atoms with van der Waals surface area (Å²) in [4.78, 5) is 22.9. The number of nitro benzene ring substituents is 1. The van der Waals surface area contributed by atoms with Gasteiger partial charge in [-0.15, -0.1) is 6.58 Å². The van der Waals surface area contributed by atoms with Crippen LogP contribution in [0.1, 0.15) is 19.8 Å². The van der Waals surface area contributed by atoms with Crippen LogP contribution in [0.15, 0.2) is 24.8 Å². The molecule has 24 heavy (non-hydrogen) atoms. The molecule has 0 radical (unpaired) electrons. The zero-order valence-electron chi connectivity index (χ0n) is 13.4. The van der Waals surface area contributed by atoms with E-state index >= 15 is 0 Å². The number of ether oxygens (including phenoxy) is 3. The topological polar surface area (TPSA) is 99.9 Å². The molecule has 0 bridgehead atoms. The van der Waals surface area contributed by atoms with Gasteiger partial charge in [0.2, 0.25) is 0 Å². The number of hydrogen-bond acceptors (Lipinski definition) is 6. The van der Waals surface area contributed by atoms with Crippen LogP contribution in [0.2, 0.25) is 0 Å². The molecular weight excluding hydrogens is 316 g/mol. The van der Waals surface area contributed by atoms with E-state index in [1.807, 2.05) is 0 Å². The van der Waals surface area contributed by atoms with Crippen molar-refractivity contribution >= 4 is 17.3 Å². The average molecular weight is 336 g/mol. The van der Waals surface area contributed by atoms with Crippen LogP contribution in [0.25, 0.3) is 0 Å². The van der Waals surface area contributed by atoms with Crippen LogP contribution in [0.4, 0.5) is 11.4 Å². The lowest BCUT2D eigenvalue weighted by atomic mass is 10.2. The third-order valence-electron chi connectivity index (χ3n) is 3.38. The summed E-state index contributed by atoms with van der Waals surface area (Å²) < 4.78 is 16.3. The van der Waals surface area contributed by atoms with E-state index in [-0.39, 0.29) is 11.4 Å². The Bertz CT molecular complexity index is 631. The van der Waals surface area contributed by atoms with Crippen molar-refractivity contribution in [2.45, 2.75) is 25.9 Å². The van der Waals surface area contributed by atoms with E-state index in [1.165, 1.54) is 12.1 Å². The molecule has 0 saturated carbocycles. The van der Waals surface area contributed by atoms with Crippen LogP contribution in [-0.4, -0.2) is 36.8 Å². The van der Waals surface area contributed by atoms with Crippen molar-refractivity contribution in [3.63, 3.8) is 0 Å². The first kappa shape index (κ1) is 17.7. The molecule has 0 aromatic heterocycles. The molecule has 1 aromatic rings. The number of benzene rings is 1. The van der Waals surface area contributed by atoms with Crippen molar-refractivity contribution in [1.82, 2.24) is 0 Å². The molecule has 130 valence electrons. The number of rotatable bonds is 7. The van der Waals surface area contributed by atoms with Gasteiger partial charge in [-0.1, -0.05) is 6.08 Å². The van der Waals surface area contributed by atoms with Crippen LogP contribution in [0.5, 0.6) is 11.5 Å². The molecule has 1 amide bonds. The van der Waals surface area contributed by atoms with Gasteiger partial charge in [-0.3, -0.25) is 14.9 Å². The molecule has 0 fully saturated rings. The van der Waals surface area contributed by atoms with Gasteiger partial charge in [-0.2, -0.15) is 0 Å². The standard InChI is InChI=1S/C16H20N2O6/c1-3-4-6-22-11(2)16(19)17-12-9-14-15(10-13(12)18(20)21)24-8-5-7-23-14/h3,9-11H,1,4-8H2,2H3,(H,17,19). The lowest BCUT2D eigenvalue weighted by molar-refractivity contribution is -0.384. The highest BCUT2D eigenvalue weighted by atomic mass is 16.6. The van der Waals surface area contributed by atoms with Gasteiger partial charge >= 0.3 is 0 Å². The minimum atomic E-state index is -0.750. The number of fused-ring (bicyclic) bond motifs is 1. The quantitative estimate of drug-likeness (QED) is 0.356. The molecular formula is C16H20N2O6. The molecule has 1 heterocycles. The van der Waals surface area contributed by atoms with E-state index in [4.69, 9.17) is 14.2 Å². The molecule has 1 aromatic carbocycles. The molecule has 8 nitrogen and oxygen atoms in total. The molecule has 1 aliphatic heterocycles. The Morgan fingerprint density at radius 3 is 2.75 bits per heavy atom. The molecule has 1 atom stereocenters. The summed E-state index contributed by atoms with van der Waals surface area (Å²) in [6.45, 7) is 6.36. The zero-order chi connectivity index (χ0) is 17.5. The molecule has 1 N–H and O–H groups in total. The predicted octanol–water partition coefficient (Wildman–Crippen LogP) is 2.68. The highest BCUT2D eigenvalue weighted by Crippen LogP contribution is 2.39. The van der Waals surface area contributed by atoms with Gasteiger partial charge in [0, 0.05) is 12.5 Å². The van der Waals surface area contributed by atoms with Gasteiger partial charge < -0.3 is 19.5 Å². The number of anilines is 1. The third-order valence-corrected chi connectivity index (χ3v) is 3.38. The normalized spacial score (nSPS) is 14.4. The smallest absolute Gasteiger partial charge is 0.296 e. The molecule has 8 heteroatoms. The Hall–Kier alpha value is -2.61. The SMILES string of the molecule is C=CCCOC(C)C(=O)Nc1cc2c(cc1[N+](=O)[O-])OCCCO2. The minimum Gasteiger partial charge on any atom is -0.489 e. The van der Waals surface area contributed by atoms with E-state index in [2.05, 4.69) is 11.9 Å². The number of amides is 1. The van der Waals surface area contributed by atoms with Crippen molar-refractivity contribution < 1.29 is 23.9 Å². The minimum absolute atomic E-state index is 0.0495. The number of hydrogen-bond donors (Lipinski definition) is 1. The number of nitrogens with one attached hydrogen (secondary N) is 1. The van der Waals surface area contributed by atoms with Gasteiger partial charge in [-0.05, 0) is 13.3 Å². The summed E-state index contributed by atoms with van der Waals surface area (Å²) >= 11 is 0. The Kier molecular flexibility index (Phi) is 6.14. The molecule has 2 rings (SSSR count). The first-order valence-electron chi connectivity index (χ1n) is 7.64. The fourth-order valence-electron chi connectivity index (χ4n) is 2.09. The summed E-state index contributed by atoms with van der Waals surface area (Å²) in [6, 6.07) is 2.67. The second-order valence-corrected chi connectivity index (χ2v) is 5.20. The zero-order valence-corrected chi connectivity index (χ0v) is 13.4. The van der Waals surface area contributed by atoms with Crippen LogP contribution >= 0.6 is 0 Å². The fraction of sp³-hybridized carbons (Fsp3) is 0.438. The highest BCUT2D eigenvalue weighted by Gasteiger charge is 2.24. The molecule has 0 aliphatic carbocycles. The Morgan fingerprint density at radius 1 is 1.46 bits per heavy atom. The first-order valence-corrected chi connectivity index (χ1v) is 7.64. The lowest BCUT2D eigenvalue weighted by Crippen LogP contribution is -2.28. The van der Waals surface area contributed by atoms with Gasteiger partial charge in [0.25, 0.3) is 11.6 Å². The number of nitrogens with zero attached hydrogens (tertiary/aromatic N) is 1. The highest BCUT2D eigenvalue weighted by molar-refractivity contribution is 5.96. The van der Waals surface area contributed by atoms with Gasteiger partial charge in [0.15, 0.2) is 11.5 Å². The van der Waals surface area contributed by atoms with Crippen molar-refractivity contribution in [3.05, 3.63) is 34.9 Å². The molecule has 1 unspecified atom stereocenters. The largest absolute Gasteiger partial charge is 0.489 e. The van der Waals surface area contributed by atoms with Crippen LogP contribution in [0.3, 0.4) is 0 Å². The maximum absolute atomic E-state index is 12.2. The summed E-state index contributed by atoms with van der Waals surface area (Å²) in [5.41, 5.74) is -0.209. The maximum atomic E-state index is 12.2. The van der Waals surface area contributed by atoms with Crippen LogP contribution in [-0.2, 0) is 9.53 Å². The van der Waals surface area contributed by atoms with E-state index in [0.29, 0.717) is 44.2 Å². The Morgan fingerprint density at radius 2 is 2.12 bits per heavy atom. The van der Waals surface area contributed by atoms with E-state index in [1.54, 1.807) is 13.0 Å². The Labute approximate surface area is 139 Å². The van der Waals surface area contributed by atoms with Crippen molar-refractivity contribution in [3.8, 4) is 11.5 Å². The van der Waals surface area contributed by atoms with Gasteiger partial charge in [-0.25, -0.2) is 0 Å². The Balaban J connectivity index is 2.18. The second-order valence-electron chi connectivity index (χ2n) is 5.20. The van der Waals surface area contributed by atoms with Crippen LogP contribution in [0, 0.1) is 10.1 Å². The number of carbonyl (C=O) groups excluding carboxylic acids is 1. The van der Waals surface area contributed by atoms with Crippen LogP contribution < -0.4 is 14.8 Å². The molecule has 0 spiro atoms. The van der Waals surface area contributed by atoms with Crippen molar-refractivity contribution in [2.75, 3.05) is 25.1 Å². The van der Waals surface area contributed by atoms with Crippen molar-refractivity contribution in [2.24, 2.45) is 0 Å². The average Bonchev–Trinajstić information content (AvgIpc) is 2.78. The summed E-state index contributed by atoms with van der Waals surface area (Å²) in [7, 11) is 0. The van der Waals surface area contributed by atoms with E-state index < -0.39 is 16.9 Å². The van der Waals surface area contributed by atoms with Gasteiger partial charge in [0.1, 0.15) is 11.8 Å². The van der Waals surface area contributed by atoms with Crippen molar-refractivity contribution in [1.29, 1.82) is 0 Å². The summed E-state index contributed by atoms with van der Waals surface area (Å²) in [5.74, 6) is 0.192. The second kappa shape index (κ2) is 8.30. The number of nitro groups is 1. The maximum Gasteiger partial charge on any atom is 0.296 e. The monoisotopic (exact) mass is 336 g/mol. The number of carbonyl (C=O) groups is 1. The summed E-state index contributed by atoms with van der Waals surface area (Å²) in [6.07, 6.45) is 2.22. The molecule has 1 aliphatic rings. The van der Waals surface area contributed by atoms with E-state index in [9.17, 15) is 14.9 Å². The third kappa shape index (κ3) is 4.45. The lowest BCUT2D eigenvalue weighted by Gasteiger charge is -2.14. The molecule has 0 saturated heterocycles. The first-order chi connectivity index (χ1) is 11.5. The fourth-order valence-corrected chi connectivity index (χ4v) is 2.09. The van der Waals surface area contributed by atoms with Gasteiger partial charge in [0.05, 0.1) is 30.8 Å².